The molecule has 1 aromatic carbocycles. The van der Waals surface area contributed by atoms with E-state index in [1.807, 2.05) is 0 Å². The Hall–Kier alpha value is -3.63. The fourth-order valence-electron chi connectivity index (χ4n) is 4.64. The summed E-state index contributed by atoms with van der Waals surface area (Å²) >= 11 is 6.99. The van der Waals surface area contributed by atoms with Crippen LogP contribution in [0.5, 0.6) is 0 Å². The summed E-state index contributed by atoms with van der Waals surface area (Å²) in [6, 6.07) is 5.97. The van der Waals surface area contributed by atoms with E-state index >= 15 is 4.39 Å². The normalized spacial score (nSPS) is 18.2. The largest absolute Gasteiger partial charge is 0.442 e. The van der Waals surface area contributed by atoms with Gasteiger partial charge in [0, 0.05) is 25.2 Å². The molecule has 44 heavy (non-hydrogen) atoms. The molecule has 2 saturated heterocycles. The summed E-state index contributed by atoms with van der Waals surface area (Å²) < 4.78 is 26.0. The molecule has 2 fully saturated rings. The molecular weight excluding hydrogens is 621 g/mol. The molecule has 0 spiro atoms. The molecule has 0 bridgehead atoms. The molecule has 1 unspecified atom stereocenters. The van der Waals surface area contributed by atoms with Crippen LogP contribution < -0.4 is 20.9 Å². The number of aliphatic hydroxyl groups is 1. The fraction of sp³-hybridized carbons (Fsp3) is 0.464. The first-order valence-electron chi connectivity index (χ1n) is 13.9. The Morgan fingerprint density at radius 2 is 2.00 bits per heavy atom. The number of nitrogens with zero attached hydrogens (tertiary/aromatic N) is 3. The van der Waals surface area contributed by atoms with Gasteiger partial charge in [-0.25, -0.2) is 9.18 Å². The molecule has 13 nitrogen and oxygen atoms in total. The molecular formula is C28H33ClFN5O8S. The first-order valence-corrected chi connectivity index (χ1v) is 15.1. The first kappa shape index (κ1) is 33.3. The summed E-state index contributed by atoms with van der Waals surface area (Å²) in [5, 5.41) is 12.0. The third kappa shape index (κ3) is 8.09. The summed E-state index contributed by atoms with van der Waals surface area (Å²) in [4.78, 5) is 67.0. The number of hydrogen-bond donors (Lipinski definition) is 3. The van der Waals surface area contributed by atoms with Crippen molar-refractivity contribution in [3.63, 3.8) is 0 Å². The second kappa shape index (κ2) is 14.9. The van der Waals surface area contributed by atoms with E-state index in [1.54, 1.807) is 0 Å². The van der Waals surface area contributed by atoms with E-state index in [9.17, 15) is 29.1 Å². The maximum atomic E-state index is 15.2. The number of morpholine rings is 1. The van der Waals surface area contributed by atoms with Crippen molar-refractivity contribution in [1.29, 1.82) is 0 Å². The predicted molar refractivity (Wildman–Crippen MR) is 159 cm³/mol. The van der Waals surface area contributed by atoms with Crippen LogP contribution in [0.15, 0.2) is 30.3 Å². The van der Waals surface area contributed by atoms with Gasteiger partial charge in [-0.3, -0.25) is 29.0 Å². The van der Waals surface area contributed by atoms with Crippen molar-refractivity contribution in [2.45, 2.75) is 44.4 Å². The van der Waals surface area contributed by atoms with Gasteiger partial charge in [0.15, 0.2) is 0 Å². The quantitative estimate of drug-likeness (QED) is 0.289. The van der Waals surface area contributed by atoms with Gasteiger partial charge in [-0.2, -0.15) is 0 Å². The molecule has 0 saturated carbocycles. The van der Waals surface area contributed by atoms with Gasteiger partial charge >= 0.3 is 6.09 Å². The van der Waals surface area contributed by atoms with Crippen molar-refractivity contribution in [3.8, 4) is 0 Å². The SMILES string of the molecule is CC(O)[C@H](N)C(=O)NCCCCC(=O)N(C[C@H]1CN(c2ccc(N3CCOCC3=O)cc2F)C(=O)O1)C(=O)c1ccc(Cl)s1. The maximum Gasteiger partial charge on any atom is 0.414 e. The molecule has 3 heterocycles. The lowest BCUT2D eigenvalue weighted by molar-refractivity contribution is -0.129. The molecule has 2 aromatic rings. The molecule has 238 valence electrons. The average molecular weight is 654 g/mol. The van der Waals surface area contributed by atoms with Crippen molar-refractivity contribution >= 4 is 64.0 Å². The molecule has 16 heteroatoms. The lowest BCUT2D eigenvalue weighted by atomic mass is 10.1. The number of rotatable bonds is 12. The van der Waals surface area contributed by atoms with E-state index in [4.69, 9.17) is 26.8 Å². The van der Waals surface area contributed by atoms with E-state index in [-0.39, 0.29) is 55.7 Å². The number of thiophene rings is 1. The van der Waals surface area contributed by atoms with Crippen LogP contribution in [-0.2, 0) is 23.9 Å². The Labute approximate surface area is 261 Å². The number of ether oxygens (including phenoxy) is 2. The van der Waals surface area contributed by atoms with Gasteiger partial charge in [0.25, 0.3) is 11.8 Å². The molecule has 1 aromatic heterocycles. The molecule has 4 rings (SSSR count). The van der Waals surface area contributed by atoms with Crippen LogP contribution in [0.25, 0.3) is 0 Å². The van der Waals surface area contributed by atoms with Gasteiger partial charge in [0.05, 0.1) is 40.7 Å². The molecule has 3 atom stereocenters. The summed E-state index contributed by atoms with van der Waals surface area (Å²) in [6.45, 7) is 1.67. The minimum absolute atomic E-state index is 0.0517. The average Bonchev–Trinajstić information content (AvgIpc) is 3.59. The summed E-state index contributed by atoms with van der Waals surface area (Å²) in [5.74, 6) is -2.74. The lowest BCUT2D eigenvalue weighted by Gasteiger charge is -2.27. The molecule has 0 radical (unpaired) electrons. The lowest BCUT2D eigenvalue weighted by Crippen LogP contribution is -2.47. The van der Waals surface area contributed by atoms with E-state index < -0.39 is 47.9 Å². The van der Waals surface area contributed by atoms with E-state index in [2.05, 4.69) is 5.32 Å². The molecule has 2 aliphatic heterocycles. The van der Waals surface area contributed by atoms with Crippen molar-refractivity contribution < 1.29 is 42.9 Å². The Balaban J connectivity index is 1.40. The van der Waals surface area contributed by atoms with Crippen molar-refractivity contribution in [2.24, 2.45) is 5.73 Å². The zero-order valence-corrected chi connectivity index (χ0v) is 25.4. The number of imide groups is 1. The minimum atomic E-state index is -1.07. The van der Waals surface area contributed by atoms with Gasteiger partial charge in [0.2, 0.25) is 11.8 Å². The van der Waals surface area contributed by atoms with Crippen LogP contribution in [0, 0.1) is 5.82 Å². The number of nitrogens with one attached hydrogen (secondary N) is 1. The van der Waals surface area contributed by atoms with E-state index in [0.29, 0.717) is 29.5 Å². The third-order valence-corrected chi connectivity index (χ3v) is 8.27. The standard InChI is InChI=1S/C28H33ClFN5O8S/c1-16(36)25(31)26(39)32-9-3-2-4-23(37)35(27(40)21-7-8-22(29)44-21)14-18-13-34(28(41)43-18)20-6-5-17(12-19(20)30)33-10-11-42-15-24(33)38/h5-8,12,16,18,25,36H,2-4,9-11,13-15,31H2,1H3,(H,32,39)/t16?,18-,25+/m1/s1. The number of aliphatic hydroxyl groups excluding tert-OH is 1. The smallest absolute Gasteiger partial charge is 0.414 e. The van der Waals surface area contributed by atoms with Gasteiger partial charge in [0.1, 0.15) is 24.6 Å². The number of hydrogen-bond acceptors (Lipinski definition) is 10. The topological polar surface area (TPSA) is 172 Å². The fourth-order valence-corrected chi connectivity index (χ4v) is 5.63. The van der Waals surface area contributed by atoms with Gasteiger partial charge in [-0.05, 0) is 50.1 Å². The van der Waals surface area contributed by atoms with Gasteiger partial charge in [-0.1, -0.05) is 11.6 Å². The van der Waals surface area contributed by atoms with Crippen molar-refractivity contribution in [2.75, 3.05) is 49.2 Å². The highest BCUT2D eigenvalue weighted by Gasteiger charge is 2.38. The van der Waals surface area contributed by atoms with Crippen LogP contribution in [0.4, 0.5) is 20.6 Å². The van der Waals surface area contributed by atoms with Crippen LogP contribution in [0.2, 0.25) is 4.34 Å². The predicted octanol–water partition coefficient (Wildman–Crippen LogP) is 1.89. The number of unbranched alkanes of at least 4 members (excludes halogenated alkanes) is 1. The first-order chi connectivity index (χ1) is 21.0. The zero-order valence-electron chi connectivity index (χ0n) is 23.9. The molecule has 4 N–H and O–H groups in total. The Bertz CT molecular complexity index is 1410. The second-order valence-electron chi connectivity index (χ2n) is 10.3. The maximum absolute atomic E-state index is 15.2. The van der Waals surface area contributed by atoms with Gasteiger partial charge < -0.3 is 30.5 Å². The molecule has 2 aliphatic rings. The molecule has 0 aliphatic carbocycles. The minimum Gasteiger partial charge on any atom is -0.442 e. The second-order valence-corrected chi connectivity index (χ2v) is 12.0. The zero-order chi connectivity index (χ0) is 32.0. The van der Waals surface area contributed by atoms with Crippen LogP contribution in [-0.4, -0.2) is 97.4 Å². The number of nitrogens with two attached hydrogens (primary N) is 1. The van der Waals surface area contributed by atoms with E-state index in [0.717, 1.165) is 27.2 Å². The number of benzene rings is 1. The highest BCUT2D eigenvalue weighted by atomic mass is 35.5. The summed E-state index contributed by atoms with van der Waals surface area (Å²) in [7, 11) is 0. The van der Waals surface area contributed by atoms with E-state index in [1.165, 1.54) is 36.1 Å². The van der Waals surface area contributed by atoms with Crippen LogP contribution in [0.3, 0.4) is 0 Å². The van der Waals surface area contributed by atoms with Crippen molar-refractivity contribution in [1.82, 2.24) is 10.2 Å². The number of carbonyl (C=O) groups is 5. The number of anilines is 2. The Kier molecular flexibility index (Phi) is 11.3. The van der Waals surface area contributed by atoms with Crippen LogP contribution in [0.1, 0.15) is 35.9 Å². The monoisotopic (exact) mass is 653 g/mol. The highest BCUT2D eigenvalue weighted by molar-refractivity contribution is 7.18. The summed E-state index contributed by atoms with van der Waals surface area (Å²) in [5.41, 5.74) is 5.84. The summed E-state index contributed by atoms with van der Waals surface area (Å²) in [6.07, 6.45) is -2.16. The van der Waals surface area contributed by atoms with Gasteiger partial charge in [-0.15, -0.1) is 11.3 Å². The molecule has 5 amide bonds. The Morgan fingerprint density at radius 3 is 2.66 bits per heavy atom. The van der Waals surface area contributed by atoms with Crippen LogP contribution >= 0.6 is 22.9 Å². The number of halogens is 2. The number of cyclic esters (lactones) is 1. The highest BCUT2D eigenvalue weighted by Crippen LogP contribution is 2.30. The third-order valence-electron chi connectivity index (χ3n) is 7.05. The number of amides is 5. The Morgan fingerprint density at radius 1 is 1.23 bits per heavy atom. The van der Waals surface area contributed by atoms with Crippen molar-refractivity contribution in [3.05, 3.63) is 45.4 Å². The number of carbonyl (C=O) groups excluding carboxylic acids is 5.